The molecule has 0 aromatic heterocycles. The van der Waals surface area contributed by atoms with Crippen molar-refractivity contribution < 1.29 is 10.2 Å². The highest BCUT2D eigenvalue weighted by atomic mass is 16.3. The average molecular weight is 268 g/mol. The third kappa shape index (κ3) is 3.16. The number of hydrogen-bond acceptors (Lipinski definition) is 2. The number of hydrogen-bond donors (Lipinski definition) is 2. The molecule has 2 nitrogen and oxygen atoms in total. The molecular formula is C17H32O2. The monoisotopic (exact) mass is 268 g/mol. The summed E-state index contributed by atoms with van der Waals surface area (Å²) < 4.78 is 0. The molecule has 2 aliphatic carbocycles. The van der Waals surface area contributed by atoms with Gasteiger partial charge in [0.15, 0.2) is 0 Å². The van der Waals surface area contributed by atoms with Crippen molar-refractivity contribution >= 4 is 0 Å². The van der Waals surface area contributed by atoms with Crippen molar-refractivity contribution in [3.05, 3.63) is 0 Å². The van der Waals surface area contributed by atoms with Gasteiger partial charge >= 0.3 is 0 Å². The Morgan fingerprint density at radius 3 is 2.53 bits per heavy atom. The Morgan fingerprint density at radius 1 is 1.21 bits per heavy atom. The molecule has 6 atom stereocenters. The largest absolute Gasteiger partial charge is 0.396 e. The Morgan fingerprint density at radius 2 is 1.95 bits per heavy atom. The van der Waals surface area contributed by atoms with Gasteiger partial charge in [-0.15, -0.1) is 0 Å². The zero-order valence-corrected chi connectivity index (χ0v) is 12.9. The standard InChI is InChI=1S/C17H32O2/c1-4-13-8-14(7-12(2)10-18)15-5-6-17(3,11-19)9-16(13)15/h12-16,18-19H,4-11H2,1-3H3. The molecule has 112 valence electrons. The lowest BCUT2D eigenvalue weighted by molar-refractivity contribution is 0.0310. The van der Waals surface area contributed by atoms with Crippen LogP contribution in [-0.2, 0) is 0 Å². The highest BCUT2D eigenvalue weighted by Gasteiger charge is 2.48. The van der Waals surface area contributed by atoms with Crippen molar-refractivity contribution in [3.8, 4) is 0 Å². The number of aliphatic hydroxyl groups excluding tert-OH is 2. The molecule has 2 saturated carbocycles. The summed E-state index contributed by atoms with van der Waals surface area (Å²) in [6.07, 6.45) is 7.54. The van der Waals surface area contributed by atoms with Crippen LogP contribution in [-0.4, -0.2) is 23.4 Å². The van der Waals surface area contributed by atoms with E-state index in [0.29, 0.717) is 19.1 Å². The molecule has 2 heteroatoms. The van der Waals surface area contributed by atoms with E-state index in [1.807, 2.05) is 0 Å². The molecule has 2 rings (SSSR count). The van der Waals surface area contributed by atoms with Gasteiger partial charge in [0.2, 0.25) is 0 Å². The topological polar surface area (TPSA) is 40.5 Å². The molecule has 0 bridgehead atoms. The summed E-state index contributed by atoms with van der Waals surface area (Å²) in [6.45, 7) is 7.45. The average Bonchev–Trinajstić information content (AvgIpc) is 2.75. The first kappa shape index (κ1) is 15.3. The van der Waals surface area contributed by atoms with Crippen molar-refractivity contribution in [2.45, 2.75) is 59.3 Å². The van der Waals surface area contributed by atoms with E-state index >= 15 is 0 Å². The molecule has 0 aromatic rings. The SMILES string of the molecule is CCC1CC(CC(C)CO)C2CCC(C)(CO)CC12. The van der Waals surface area contributed by atoms with Crippen molar-refractivity contribution in [3.63, 3.8) is 0 Å². The fourth-order valence-corrected chi connectivity index (χ4v) is 4.87. The second-order valence-electron chi connectivity index (χ2n) is 7.73. The van der Waals surface area contributed by atoms with E-state index in [4.69, 9.17) is 0 Å². The molecule has 0 aliphatic heterocycles. The lowest BCUT2D eigenvalue weighted by Crippen LogP contribution is -2.35. The van der Waals surface area contributed by atoms with Crippen LogP contribution in [0.1, 0.15) is 59.3 Å². The van der Waals surface area contributed by atoms with Gasteiger partial charge in [-0.3, -0.25) is 0 Å². The van der Waals surface area contributed by atoms with Crippen molar-refractivity contribution in [1.29, 1.82) is 0 Å². The van der Waals surface area contributed by atoms with E-state index in [1.165, 1.54) is 38.5 Å². The van der Waals surface area contributed by atoms with Gasteiger partial charge in [0, 0.05) is 13.2 Å². The van der Waals surface area contributed by atoms with E-state index in [-0.39, 0.29) is 5.41 Å². The first-order valence-electron chi connectivity index (χ1n) is 8.24. The molecule has 2 fully saturated rings. The summed E-state index contributed by atoms with van der Waals surface area (Å²) in [5.74, 6) is 3.81. The van der Waals surface area contributed by atoms with Crippen LogP contribution in [0.2, 0.25) is 0 Å². The van der Waals surface area contributed by atoms with Gasteiger partial charge in [0.25, 0.3) is 0 Å². The zero-order valence-electron chi connectivity index (χ0n) is 12.9. The van der Waals surface area contributed by atoms with Crippen LogP contribution in [0.25, 0.3) is 0 Å². The van der Waals surface area contributed by atoms with Gasteiger partial charge in [-0.25, -0.2) is 0 Å². The van der Waals surface area contributed by atoms with E-state index in [2.05, 4.69) is 20.8 Å². The molecule has 6 unspecified atom stereocenters. The Labute approximate surface area is 118 Å². The van der Waals surface area contributed by atoms with E-state index in [9.17, 15) is 10.2 Å². The second-order valence-corrected chi connectivity index (χ2v) is 7.73. The summed E-state index contributed by atoms with van der Waals surface area (Å²) in [5, 5.41) is 18.9. The Hall–Kier alpha value is -0.0800. The van der Waals surface area contributed by atoms with Gasteiger partial charge < -0.3 is 10.2 Å². The van der Waals surface area contributed by atoms with Crippen LogP contribution in [0.5, 0.6) is 0 Å². The van der Waals surface area contributed by atoms with Crippen molar-refractivity contribution in [2.75, 3.05) is 13.2 Å². The van der Waals surface area contributed by atoms with Gasteiger partial charge in [-0.2, -0.15) is 0 Å². The minimum atomic E-state index is 0.173. The van der Waals surface area contributed by atoms with E-state index in [1.54, 1.807) is 0 Å². The number of aliphatic hydroxyl groups is 2. The molecular weight excluding hydrogens is 236 g/mol. The van der Waals surface area contributed by atoms with Crippen LogP contribution in [0.4, 0.5) is 0 Å². The van der Waals surface area contributed by atoms with Crippen molar-refractivity contribution in [1.82, 2.24) is 0 Å². The van der Waals surface area contributed by atoms with Gasteiger partial charge in [-0.05, 0) is 67.1 Å². The fourth-order valence-electron chi connectivity index (χ4n) is 4.87. The predicted molar refractivity (Wildman–Crippen MR) is 78.8 cm³/mol. The lowest BCUT2D eigenvalue weighted by atomic mass is 9.64. The minimum absolute atomic E-state index is 0.173. The summed E-state index contributed by atoms with van der Waals surface area (Å²) in [5.41, 5.74) is 0.173. The maximum Gasteiger partial charge on any atom is 0.0484 e. The molecule has 0 radical (unpaired) electrons. The summed E-state index contributed by atoms with van der Waals surface area (Å²) in [6, 6.07) is 0. The zero-order chi connectivity index (χ0) is 14.0. The quantitative estimate of drug-likeness (QED) is 0.801. The highest BCUT2D eigenvalue weighted by Crippen LogP contribution is 2.56. The van der Waals surface area contributed by atoms with Crippen LogP contribution >= 0.6 is 0 Å². The van der Waals surface area contributed by atoms with Gasteiger partial charge in [-0.1, -0.05) is 27.2 Å². The third-order valence-electron chi connectivity index (χ3n) is 6.10. The van der Waals surface area contributed by atoms with Gasteiger partial charge in [0.05, 0.1) is 0 Å². The number of rotatable bonds is 5. The molecule has 0 spiro atoms. The smallest absolute Gasteiger partial charge is 0.0484 e. The molecule has 19 heavy (non-hydrogen) atoms. The number of fused-ring (bicyclic) bond motifs is 1. The maximum absolute atomic E-state index is 9.65. The first-order valence-corrected chi connectivity index (χ1v) is 8.24. The molecule has 0 saturated heterocycles. The van der Waals surface area contributed by atoms with Crippen LogP contribution in [0.3, 0.4) is 0 Å². The maximum atomic E-state index is 9.65. The van der Waals surface area contributed by atoms with E-state index < -0.39 is 0 Å². The Bertz CT molecular complexity index is 291. The van der Waals surface area contributed by atoms with Crippen LogP contribution < -0.4 is 0 Å². The lowest BCUT2D eigenvalue weighted by Gasteiger charge is -2.42. The normalized spacial score (nSPS) is 44.1. The molecule has 2 N–H and O–H groups in total. The Balaban J connectivity index is 2.05. The van der Waals surface area contributed by atoms with Crippen molar-refractivity contribution in [2.24, 2.45) is 35.0 Å². The predicted octanol–water partition coefficient (Wildman–Crippen LogP) is 3.47. The fraction of sp³-hybridized carbons (Fsp3) is 1.00. The van der Waals surface area contributed by atoms with Gasteiger partial charge in [0.1, 0.15) is 0 Å². The summed E-state index contributed by atoms with van der Waals surface area (Å²) in [7, 11) is 0. The van der Waals surface area contributed by atoms with Crippen LogP contribution in [0.15, 0.2) is 0 Å². The minimum Gasteiger partial charge on any atom is -0.396 e. The second kappa shape index (κ2) is 6.13. The first-order chi connectivity index (χ1) is 9.03. The summed E-state index contributed by atoms with van der Waals surface area (Å²) in [4.78, 5) is 0. The molecule has 0 heterocycles. The summed E-state index contributed by atoms with van der Waals surface area (Å²) >= 11 is 0. The highest BCUT2D eigenvalue weighted by molar-refractivity contribution is 4.97. The molecule has 0 amide bonds. The Kier molecular flexibility index (Phi) is 4.94. The molecule has 2 aliphatic rings. The van der Waals surface area contributed by atoms with Crippen LogP contribution in [0, 0.1) is 35.0 Å². The molecule has 0 aromatic carbocycles. The van der Waals surface area contributed by atoms with E-state index in [0.717, 1.165) is 23.7 Å². The third-order valence-corrected chi connectivity index (χ3v) is 6.10.